The van der Waals surface area contributed by atoms with Crippen molar-refractivity contribution in [2.24, 2.45) is 0 Å². The summed E-state index contributed by atoms with van der Waals surface area (Å²) in [6.45, 7) is 0. The van der Waals surface area contributed by atoms with Gasteiger partial charge in [-0.2, -0.15) is 5.10 Å². The quantitative estimate of drug-likeness (QED) is 0.339. The predicted octanol–water partition coefficient (Wildman–Crippen LogP) is 4.85. The molecule has 0 aliphatic heterocycles. The van der Waals surface area contributed by atoms with Crippen LogP contribution < -0.4 is 0 Å². The SMILES string of the molecule is c1ccc2c(c1)oc1c(SCc3ccc(-n4cccn4)cc3)ncnc12. The molecule has 5 aromatic rings. The lowest BCUT2D eigenvalue weighted by molar-refractivity contribution is 0.653. The van der Waals surface area contributed by atoms with Crippen LogP contribution in [-0.2, 0) is 5.75 Å². The Morgan fingerprint density at radius 1 is 0.962 bits per heavy atom. The number of nitrogens with zero attached hydrogens (tertiary/aromatic N) is 4. The molecule has 0 spiro atoms. The van der Waals surface area contributed by atoms with Gasteiger partial charge in [-0.15, -0.1) is 0 Å². The highest BCUT2D eigenvalue weighted by Gasteiger charge is 2.13. The van der Waals surface area contributed by atoms with E-state index >= 15 is 0 Å². The Morgan fingerprint density at radius 2 is 1.85 bits per heavy atom. The molecule has 0 N–H and O–H groups in total. The van der Waals surface area contributed by atoms with E-state index in [1.165, 1.54) is 5.56 Å². The third-order valence-electron chi connectivity index (χ3n) is 4.21. The Hall–Kier alpha value is -3.12. The van der Waals surface area contributed by atoms with Crippen molar-refractivity contribution < 1.29 is 4.42 Å². The smallest absolute Gasteiger partial charge is 0.186 e. The number of thioether (sulfide) groups is 1. The van der Waals surface area contributed by atoms with Crippen LogP contribution in [0.2, 0.25) is 0 Å². The van der Waals surface area contributed by atoms with Crippen LogP contribution >= 0.6 is 11.8 Å². The van der Waals surface area contributed by atoms with Gasteiger partial charge in [-0.25, -0.2) is 14.6 Å². The summed E-state index contributed by atoms with van der Waals surface area (Å²) in [7, 11) is 0. The molecule has 5 nitrogen and oxygen atoms in total. The summed E-state index contributed by atoms with van der Waals surface area (Å²) < 4.78 is 7.83. The molecule has 0 saturated carbocycles. The second kappa shape index (κ2) is 6.31. The van der Waals surface area contributed by atoms with Crippen molar-refractivity contribution in [3.05, 3.63) is 78.9 Å². The Kier molecular flexibility index (Phi) is 3.68. The summed E-state index contributed by atoms with van der Waals surface area (Å²) in [5.41, 5.74) is 4.73. The summed E-state index contributed by atoms with van der Waals surface area (Å²) in [6, 6.07) is 18.2. The van der Waals surface area contributed by atoms with Gasteiger partial charge in [0.05, 0.1) is 5.69 Å². The zero-order valence-electron chi connectivity index (χ0n) is 13.7. The van der Waals surface area contributed by atoms with E-state index in [1.54, 1.807) is 24.3 Å². The van der Waals surface area contributed by atoms with Crippen molar-refractivity contribution in [1.29, 1.82) is 0 Å². The van der Waals surface area contributed by atoms with Gasteiger partial charge in [0.25, 0.3) is 0 Å². The molecule has 0 radical (unpaired) electrons. The lowest BCUT2D eigenvalue weighted by Gasteiger charge is -2.04. The number of fused-ring (bicyclic) bond motifs is 3. The molecule has 0 saturated heterocycles. The Labute approximate surface area is 153 Å². The minimum atomic E-state index is 0.756. The fraction of sp³-hybridized carbons (Fsp3) is 0.0500. The van der Waals surface area contributed by atoms with E-state index in [1.807, 2.05) is 41.2 Å². The van der Waals surface area contributed by atoms with Crippen molar-refractivity contribution in [3.63, 3.8) is 0 Å². The number of furan rings is 1. The normalized spacial score (nSPS) is 11.4. The number of rotatable bonds is 4. The van der Waals surface area contributed by atoms with E-state index in [9.17, 15) is 0 Å². The fourth-order valence-electron chi connectivity index (χ4n) is 2.92. The molecular formula is C20H14N4OS. The van der Waals surface area contributed by atoms with Crippen molar-refractivity contribution in [3.8, 4) is 5.69 Å². The van der Waals surface area contributed by atoms with Gasteiger partial charge in [0, 0.05) is 23.5 Å². The Bertz CT molecular complexity index is 1180. The third-order valence-corrected chi connectivity index (χ3v) is 5.25. The van der Waals surface area contributed by atoms with Crippen molar-refractivity contribution in [2.75, 3.05) is 0 Å². The van der Waals surface area contributed by atoms with E-state index in [0.717, 1.165) is 38.5 Å². The van der Waals surface area contributed by atoms with Crippen molar-refractivity contribution >= 4 is 33.8 Å². The minimum Gasteiger partial charge on any atom is -0.451 e. The predicted molar refractivity (Wildman–Crippen MR) is 102 cm³/mol. The van der Waals surface area contributed by atoms with Crippen molar-refractivity contribution in [1.82, 2.24) is 19.7 Å². The highest BCUT2D eigenvalue weighted by Crippen LogP contribution is 2.33. The molecule has 26 heavy (non-hydrogen) atoms. The van der Waals surface area contributed by atoms with Crippen LogP contribution in [0.15, 0.2) is 82.8 Å². The number of hydrogen-bond donors (Lipinski definition) is 0. The van der Waals surface area contributed by atoms with Gasteiger partial charge < -0.3 is 4.42 Å². The molecular weight excluding hydrogens is 344 g/mol. The molecule has 0 aliphatic rings. The Morgan fingerprint density at radius 3 is 2.69 bits per heavy atom. The largest absolute Gasteiger partial charge is 0.451 e. The highest BCUT2D eigenvalue weighted by molar-refractivity contribution is 7.98. The van der Waals surface area contributed by atoms with Gasteiger partial charge in [-0.05, 0) is 35.9 Å². The maximum atomic E-state index is 5.98. The van der Waals surface area contributed by atoms with E-state index in [4.69, 9.17) is 4.42 Å². The first-order chi connectivity index (χ1) is 12.9. The molecule has 5 rings (SSSR count). The van der Waals surface area contributed by atoms with Crippen LogP contribution in [0, 0.1) is 0 Å². The van der Waals surface area contributed by atoms with E-state index in [2.05, 4.69) is 39.3 Å². The van der Waals surface area contributed by atoms with Crippen LogP contribution in [0.25, 0.3) is 27.8 Å². The molecule has 3 aromatic heterocycles. The average molecular weight is 358 g/mol. The maximum Gasteiger partial charge on any atom is 0.186 e. The zero-order valence-corrected chi connectivity index (χ0v) is 14.6. The molecule has 0 aliphatic carbocycles. The van der Waals surface area contributed by atoms with Crippen molar-refractivity contribution in [2.45, 2.75) is 10.8 Å². The molecule has 0 bridgehead atoms. The standard InChI is InChI=1S/C20H14N4OS/c1-2-5-17-16(4-1)18-19(25-17)20(22-13-21-18)26-12-14-6-8-15(9-7-14)24-11-3-10-23-24/h1-11,13H,12H2. The summed E-state index contributed by atoms with van der Waals surface area (Å²) in [6.07, 6.45) is 5.31. The van der Waals surface area contributed by atoms with Gasteiger partial charge >= 0.3 is 0 Å². The molecule has 2 aromatic carbocycles. The van der Waals surface area contributed by atoms with Gasteiger partial charge in [0.2, 0.25) is 0 Å². The van der Waals surface area contributed by atoms with E-state index in [0.29, 0.717) is 0 Å². The number of para-hydroxylation sites is 1. The topological polar surface area (TPSA) is 56.7 Å². The highest BCUT2D eigenvalue weighted by atomic mass is 32.2. The second-order valence-electron chi connectivity index (χ2n) is 5.86. The van der Waals surface area contributed by atoms with Gasteiger partial charge in [0.1, 0.15) is 22.5 Å². The minimum absolute atomic E-state index is 0.756. The molecule has 6 heteroatoms. The molecule has 0 unspecified atom stereocenters. The fourth-order valence-corrected chi connectivity index (χ4v) is 3.81. The number of benzene rings is 2. The van der Waals surface area contributed by atoms with Gasteiger partial charge in [-0.3, -0.25) is 0 Å². The van der Waals surface area contributed by atoms with Gasteiger partial charge in [-0.1, -0.05) is 36.0 Å². The second-order valence-corrected chi connectivity index (χ2v) is 6.82. The average Bonchev–Trinajstić information content (AvgIpc) is 3.35. The molecule has 0 atom stereocenters. The first kappa shape index (κ1) is 15.2. The molecule has 126 valence electrons. The third kappa shape index (κ3) is 2.64. The summed E-state index contributed by atoms with van der Waals surface area (Å²) >= 11 is 1.65. The number of aromatic nitrogens is 4. The van der Waals surface area contributed by atoms with Crippen LogP contribution in [0.3, 0.4) is 0 Å². The lowest BCUT2D eigenvalue weighted by atomic mass is 10.2. The summed E-state index contributed by atoms with van der Waals surface area (Å²) in [4.78, 5) is 8.82. The van der Waals surface area contributed by atoms with Gasteiger partial charge in [0.15, 0.2) is 5.58 Å². The van der Waals surface area contributed by atoms with Crippen LogP contribution in [0.5, 0.6) is 0 Å². The molecule has 0 amide bonds. The van der Waals surface area contributed by atoms with Crippen LogP contribution in [0.1, 0.15) is 5.56 Å². The summed E-state index contributed by atoms with van der Waals surface area (Å²) in [5.74, 6) is 0.808. The monoisotopic (exact) mass is 358 g/mol. The first-order valence-electron chi connectivity index (χ1n) is 8.22. The zero-order chi connectivity index (χ0) is 17.3. The molecule has 3 heterocycles. The number of hydrogen-bond acceptors (Lipinski definition) is 5. The van der Waals surface area contributed by atoms with Crippen LogP contribution in [0.4, 0.5) is 0 Å². The van der Waals surface area contributed by atoms with E-state index < -0.39 is 0 Å². The lowest BCUT2D eigenvalue weighted by Crippen LogP contribution is -1.94. The molecule has 0 fully saturated rings. The Balaban J connectivity index is 1.41. The summed E-state index contributed by atoms with van der Waals surface area (Å²) in [5, 5.41) is 6.13. The van der Waals surface area contributed by atoms with Crippen LogP contribution in [-0.4, -0.2) is 19.7 Å². The van der Waals surface area contributed by atoms with E-state index in [-0.39, 0.29) is 0 Å². The first-order valence-corrected chi connectivity index (χ1v) is 9.21. The maximum absolute atomic E-state index is 5.98.